The third kappa shape index (κ3) is 3.02. The third-order valence-electron chi connectivity index (χ3n) is 4.66. The van der Waals surface area contributed by atoms with Crippen LogP contribution in [0.15, 0.2) is 12.2 Å². The molecule has 0 amide bonds. The van der Waals surface area contributed by atoms with Gasteiger partial charge in [-0.05, 0) is 24.7 Å². The van der Waals surface area contributed by atoms with Crippen LogP contribution in [0, 0.1) is 17.8 Å². The molecular formula is C14H10F12O2. The monoisotopic (exact) mass is 438 g/mol. The van der Waals surface area contributed by atoms with E-state index < -0.39 is 54.0 Å². The molecule has 1 fully saturated rings. The summed E-state index contributed by atoms with van der Waals surface area (Å²) in [7, 11) is 0. The Morgan fingerprint density at radius 2 is 1.36 bits per heavy atom. The molecule has 0 heterocycles. The quantitative estimate of drug-likeness (QED) is 0.313. The molecule has 0 aromatic rings. The zero-order valence-electron chi connectivity index (χ0n) is 13.2. The number of ether oxygens (including phenoxy) is 1. The maximum absolute atomic E-state index is 13.5. The van der Waals surface area contributed by atoms with E-state index in [4.69, 9.17) is 0 Å². The number of allylic oxidation sites excluding steroid dienone is 2. The van der Waals surface area contributed by atoms with E-state index in [2.05, 4.69) is 4.74 Å². The minimum atomic E-state index is -7.71. The average Bonchev–Trinajstić information content (AvgIpc) is 3.16. The van der Waals surface area contributed by atoms with E-state index in [1.165, 1.54) is 6.08 Å². The Bertz CT molecular complexity index is 657. The first-order valence-electron chi connectivity index (χ1n) is 7.48. The molecule has 0 aromatic heterocycles. The van der Waals surface area contributed by atoms with Crippen LogP contribution in [0.4, 0.5) is 52.7 Å². The summed E-state index contributed by atoms with van der Waals surface area (Å²) in [5.41, 5.74) is 0. The molecule has 0 aliphatic heterocycles. The molecule has 14 heteroatoms. The van der Waals surface area contributed by atoms with E-state index in [9.17, 15) is 57.5 Å². The summed E-state index contributed by atoms with van der Waals surface area (Å²) in [6.45, 7) is 0. The maximum Gasteiger partial charge on any atom is 0.473 e. The van der Waals surface area contributed by atoms with Crippen LogP contribution in [-0.2, 0) is 9.53 Å². The fourth-order valence-corrected chi connectivity index (χ4v) is 3.04. The van der Waals surface area contributed by atoms with E-state index in [0.717, 1.165) is 0 Å². The maximum atomic E-state index is 13.5. The highest BCUT2D eigenvalue weighted by atomic mass is 19.4. The summed E-state index contributed by atoms with van der Waals surface area (Å²) in [6.07, 6.45) is -9.28. The molecule has 3 unspecified atom stereocenters. The molecule has 2 nitrogen and oxygen atoms in total. The molecule has 1 saturated carbocycles. The van der Waals surface area contributed by atoms with E-state index in [-0.39, 0.29) is 18.8 Å². The second-order valence-electron chi connectivity index (χ2n) is 6.47. The molecular weight excluding hydrogens is 428 g/mol. The molecule has 2 aliphatic rings. The second kappa shape index (κ2) is 6.44. The van der Waals surface area contributed by atoms with Gasteiger partial charge in [-0.25, -0.2) is 8.78 Å². The summed E-state index contributed by atoms with van der Waals surface area (Å²) in [6, 6.07) is 0. The Morgan fingerprint density at radius 1 is 0.821 bits per heavy atom. The van der Waals surface area contributed by atoms with Crippen molar-refractivity contribution in [2.24, 2.45) is 17.8 Å². The van der Waals surface area contributed by atoms with Crippen LogP contribution in [-0.4, -0.2) is 42.2 Å². The molecule has 3 atom stereocenters. The number of fused-ring (bicyclic) bond motifs is 2. The normalized spacial score (nSPS) is 26.2. The number of esters is 1. The predicted octanol–water partition coefficient (Wildman–Crippen LogP) is 5.14. The highest BCUT2D eigenvalue weighted by Crippen LogP contribution is 2.58. The Morgan fingerprint density at radius 3 is 1.75 bits per heavy atom. The largest absolute Gasteiger partial charge is 0.473 e. The van der Waals surface area contributed by atoms with E-state index >= 15 is 0 Å². The summed E-state index contributed by atoms with van der Waals surface area (Å²) in [4.78, 5) is 11.6. The van der Waals surface area contributed by atoms with Crippen molar-refractivity contribution in [2.45, 2.75) is 49.1 Å². The van der Waals surface area contributed by atoms with Gasteiger partial charge in [0.1, 0.15) is 0 Å². The van der Waals surface area contributed by atoms with E-state index in [1.54, 1.807) is 6.08 Å². The SMILES string of the molecule is O=C(OC(F)(F)C(F)(F)C(F)(F)C(F)(F)C(F)(F)C(F)F)C1CC2C=CC1C2. The van der Waals surface area contributed by atoms with Gasteiger partial charge in [-0.1, -0.05) is 12.2 Å². The van der Waals surface area contributed by atoms with Crippen LogP contribution < -0.4 is 0 Å². The van der Waals surface area contributed by atoms with Crippen molar-refractivity contribution < 1.29 is 62.2 Å². The fraction of sp³-hybridized carbons (Fsp3) is 0.786. The predicted molar refractivity (Wildman–Crippen MR) is 65.7 cm³/mol. The summed E-state index contributed by atoms with van der Waals surface area (Å²) in [5.74, 6) is -34.5. The second-order valence-corrected chi connectivity index (χ2v) is 6.47. The smallest absolute Gasteiger partial charge is 0.396 e. The molecule has 0 N–H and O–H groups in total. The Kier molecular flexibility index (Phi) is 5.21. The van der Waals surface area contributed by atoms with Crippen molar-refractivity contribution >= 4 is 5.97 Å². The molecule has 0 spiro atoms. The number of rotatable bonds is 7. The van der Waals surface area contributed by atoms with Crippen LogP contribution in [0.3, 0.4) is 0 Å². The Hall–Kier alpha value is -1.63. The molecule has 162 valence electrons. The van der Waals surface area contributed by atoms with Crippen molar-refractivity contribution in [3.05, 3.63) is 12.2 Å². The molecule has 28 heavy (non-hydrogen) atoms. The number of hydrogen-bond acceptors (Lipinski definition) is 2. The van der Waals surface area contributed by atoms with Gasteiger partial charge in [0.2, 0.25) is 0 Å². The molecule has 0 radical (unpaired) electrons. The lowest BCUT2D eigenvalue weighted by atomic mass is 9.93. The van der Waals surface area contributed by atoms with Crippen LogP contribution in [0.1, 0.15) is 12.8 Å². The van der Waals surface area contributed by atoms with Gasteiger partial charge >= 0.3 is 42.2 Å². The van der Waals surface area contributed by atoms with Gasteiger partial charge in [-0.3, -0.25) is 4.79 Å². The third-order valence-corrected chi connectivity index (χ3v) is 4.66. The fourth-order valence-electron chi connectivity index (χ4n) is 3.04. The van der Waals surface area contributed by atoms with Crippen molar-refractivity contribution in [3.8, 4) is 0 Å². The Labute approximate surface area is 148 Å². The van der Waals surface area contributed by atoms with Gasteiger partial charge in [0, 0.05) is 0 Å². The topological polar surface area (TPSA) is 26.3 Å². The summed E-state index contributed by atoms with van der Waals surface area (Å²) >= 11 is 0. The lowest BCUT2D eigenvalue weighted by molar-refractivity contribution is -0.444. The molecule has 2 rings (SSSR count). The number of hydrogen-bond donors (Lipinski definition) is 0. The van der Waals surface area contributed by atoms with Crippen LogP contribution in [0.25, 0.3) is 0 Å². The molecule has 2 bridgehead atoms. The van der Waals surface area contributed by atoms with Gasteiger partial charge < -0.3 is 4.74 Å². The highest BCUT2D eigenvalue weighted by molar-refractivity contribution is 5.74. The van der Waals surface area contributed by atoms with Gasteiger partial charge in [0.05, 0.1) is 5.92 Å². The standard InChI is InChI=1S/C14H10F12O2/c15-9(16)10(17,18)11(19,20)12(21,22)13(23,24)14(25,26)28-8(27)7-4-5-1-2-6(7)3-5/h1-2,5-7,9H,3-4H2. The molecule has 0 saturated heterocycles. The highest BCUT2D eigenvalue weighted by Gasteiger charge is 2.89. The molecule has 2 aliphatic carbocycles. The first kappa shape index (κ1) is 22.7. The zero-order chi connectivity index (χ0) is 21.9. The van der Waals surface area contributed by atoms with Gasteiger partial charge in [0.25, 0.3) is 0 Å². The van der Waals surface area contributed by atoms with Crippen molar-refractivity contribution in [3.63, 3.8) is 0 Å². The van der Waals surface area contributed by atoms with Crippen molar-refractivity contribution in [1.82, 2.24) is 0 Å². The van der Waals surface area contributed by atoms with Crippen molar-refractivity contribution in [2.75, 3.05) is 0 Å². The first-order valence-corrected chi connectivity index (χ1v) is 7.48. The minimum Gasteiger partial charge on any atom is -0.396 e. The van der Waals surface area contributed by atoms with Gasteiger partial charge in [-0.2, -0.15) is 43.9 Å². The summed E-state index contributed by atoms with van der Waals surface area (Å²) in [5, 5.41) is 0. The van der Waals surface area contributed by atoms with Crippen LogP contribution in [0.2, 0.25) is 0 Å². The average molecular weight is 438 g/mol. The zero-order valence-corrected chi connectivity index (χ0v) is 13.2. The van der Waals surface area contributed by atoms with E-state index in [1.807, 2.05) is 0 Å². The van der Waals surface area contributed by atoms with E-state index in [0.29, 0.717) is 0 Å². The van der Waals surface area contributed by atoms with Crippen LogP contribution >= 0.6 is 0 Å². The molecule has 0 aromatic carbocycles. The first-order chi connectivity index (χ1) is 12.4. The lowest BCUT2D eigenvalue weighted by Gasteiger charge is -2.38. The summed E-state index contributed by atoms with van der Waals surface area (Å²) < 4.78 is 159. The van der Waals surface area contributed by atoms with Gasteiger partial charge in [-0.15, -0.1) is 0 Å². The van der Waals surface area contributed by atoms with Crippen molar-refractivity contribution in [1.29, 1.82) is 0 Å². The number of halogens is 12. The van der Waals surface area contributed by atoms with Gasteiger partial charge in [0.15, 0.2) is 0 Å². The lowest BCUT2D eigenvalue weighted by Crippen LogP contribution is -2.69. The number of alkyl halides is 12. The number of carbonyl (C=O) groups is 1. The minimum absolute atomic E-state index is 0.169. The number of carbonyl (C=O) groups excluding carboxylic acids is 1. The van der Waals surface area contributed by atoms with Crippen LogP contribution in [0.5, 0.6) is 0 Å². The Balaban J connectivity index is 2.29.